The van der Waals surface area contributed by atoms with E-state index in [1.165, 1.54) is 0 Å². The van der Waals surface area contributed by atoms with Gasteiger partial charge in [0.15, 0.2) is 0 Å². The maximum Gasteiger partial charge on any atom is 0.0703 e. The van der Waals surface area contributed by atoms with E-state index in [9.17, 15) is 4.57 Å². The molecule has 0 heterocycles. The minimum absolute atomic E-state index is 0. The Morgan fingerprint density at radius 1 is 1.40 bits per heavy atom. The Bertz CT molecular complexity index is 32.6. The summed E-state index contributed by atoms with van der Waals surface area (Å²) in [7, 11) is -1.13. The van der Waals surface area contributed by atoms with Crippen LogP contribution in [0.2, 0.25) is 0 Å². The Balaban J connectivity index is 0. The quantitative estimate of drug-likeness (QED) is 0.455. The smallest absolute Gasteiger partial charge is 0.0703 e. The molecule has 0 aliphatic heterocycles. The van der Waals surface area contributed by atoms with Gasteiger partial charge < -0.3 is 10.7 Å². The molecular formula is C2H10NOP. The molecule has 0 rings (SSSR count). The molecule has 5 heavy (non-hydrogen) atoms. The molecule has 0 saturated carbocycles. The van der Waals surface area contributed by atoms with Gasteiger partial charge in [-0.2, -0.15) is 0 Å². The second kappa shape index (κ2) is 4.19. The average molecular weight is 95.1 g/mol. The van der Waals surface area contributed by atoms with Crippen LogP contribution in [0.4, 0.5) is 0 Å². The van der Waals surface area contributed by atoms with Gasteiger partial charge in [-0.05, 0) is 13.3 Å². The fourth-order valence-electron chi connectivity index (χ4n) is 0. The molecule has 0 aliphatic carbocycles. The van der Waals surface area contributed by atoms with Crippen LogP contribution in [-0.2, 0) is 4.57 Å². The van der Waals surface area contributed by atoms with Crippen molar-refractivity contribution in [2.24, 2.45) is 0 Å². The minimum atomic E-state index is -1.13. The summed E-state index contributed by atoms with van der Waals surface area (Å²) in [6.45, 7) is 3.43. The maximum absolute atomic E-state index is 9.63. The van der Waals surface area contributed by atoms with Crippen molar-refractivity contribution in [1.82, 2.24) is 6.15 Å². The Hall–Kier alpha value is 0.190. The molecule has 0 amide bonds. The normalized spacial score (nSPS) is 7.00. The van der Waals surface area contributed by atoms with E-state index in [-0.39, 0.29) is 6.15 Å². The van der Waals surface area contributed by atoms with Crippen LogP contribution in [0.5, 0.6) is 0 Å². The van der Waals surface area contributed by atoms with Gasteiger partial charge in [-0.1, -0.05) is 0 Å². The highest BCUT2D eigenvalue weighted by molar-refractivity contribution is 7.42. The van der Waals surface area contributed by atoms with E-state index in [1.54, 1.807) is 13.3 Å². The van der Waals surface area contributed by atoms with E-state index in [4.69, 9.17) is 0 Å². The molecule has 3 heteroatoms. The van der Waals surface area contributed by atoms with E-state index in [0.717, 1.165) is 0 Å². The zero-order chi connectivity index (χ0) is 3.58. The molecule has 0 radical (unpaired) electrons. The average Bonchev–Trinajstić information content (AvgIpc) is 0.811. The second-order valence-corrected chi connectivity index (χ2v) is 2.72. The van der Waals surface area contributed by atoms with Gasteiger partial charge in [0.2, 0.25) is 0 Å². The van der Waals surface area contributed by atoms with E-state index in [2.05, 4.69) is 0 Å². The first-order chi connectivity index (χ1) is 1.73. The van der Waals surface area contributed by atoms with Crippen molar-refractivity contribution < 1.29 is 4.57 Å². The molecule has 0 aromatic rings. The lowest BCUT2D eigenvalue weighted by molar-refractivity contribution is 0.594. The van der Waals surface area contributed by atoms with Crippen molar-refractivity contribution in [1.29, 1.82) is 0 Å². The van der Waals surface area contributed by atoms with Crippen molar-refractivity contribution in [2.45, 2.75) is 0 Å². The molecule has 0 unspecified atom stereocenters. The first-order valence-electron chi connectivity index (χ1n) is 1.20. The SMILES string of the molecule is C[PH](C)=O.N. The van der Waals surface area contributed by atoms with E-state index in [0.29, 0.717) is 0 Å². The van der Waals surface area contributed by atoms with Crippen molar-refractivity contribution in [3.8, 4) is 0 Å². The molecule has 0 saturated heterocycles. The topological polar surface area (TPSA) is 52.1 Å². The highest BCUT2D eigenvalue weighted by Crippen LogP contribution is 2.00. The van der Waals surface area contributed by atoms with Crippen LogP contribution < -0.4 is 6.15 Å². The van der Waals surface area contributed by atoms with Crippen LogP contribution in [0, 0.1) is 0 Å². The lowest BCUT2D eigenvalue weighted by atomic mass is 11.9. The summed E-state index contributed by atoms with van der Waals surface area (Å²) in [6, 6.07) is 0. The first-order valence-corrected chi connectivity index (χ1v) is 3.61. The van der Waals surface area contributed by atoms with Crippen molar-refractivity contribution in [3.63, 3.8) is 0 Å². The minimum Gasteiger partial charge on any atom is -0.344 e. The zero-order valence-corrected chi connectivity index (χ0v) is 4.62. The molecule has 0 bridgehead atoms. The van der Waals surface area contributed by atoms with Gasteiger partial charge in [0.1, 0.15) is 0 Å². The molecule has 34 valence electrons. The van der Waals surface area contributed by atoms with Crippen LogP contribution in [0.15, 0.2) is 0 Å². The van der Waals surface area contributed by atoms with Crippen LogP contribution in [-0.4, -0.2) is 13.3 Å². The van der Waals surface area contributed by atoms with Gasteiger partial charge >= 0.3 is 0 Å². The van der Waals surface area contributed by atoms with Crippen molar-refractivity contribution >= 4 is 7.80 Å². The second-order valence-electron chi connectivity index (χ2n) is 0.908. The van der Waals surface area contributed by atoms with Gasteiger partial charge in [-0.25, -0.2) is 0 Å². The van der Waals surface area contributed by atoms with Crippen LogP contribution >= 0.6 is 7.80 Å². The summed E-state index contributed by atoms with van der Waals surface area (Å²) < 4.78 is 9.63. The molecule has 3 N–H and O–H groups in total. The molecule has 2 nitrogen and oxygen atoms in total. The van der Waals surface area contributed by atoms with Gasteiger partial charge in [0.25, 0.3) is 0 Å². The lowest BCUT2D eigenvalue weighted by Crippen LogP contribution is -1.33. The Morgan fingerprint density at radius 3 is 1.40 bits per heavy atom. The number of hydrogen-bond donors (Lipinski definition) is 1. The summed E-state index contributed by atoms with van der Waals surface area (Å²) >= 11 is 0. The number of hydrogen-bond acceptors (Lipinski definition) is 2. The summed E-state index contributed by atoms with van der Waals surface area (Å²) in [4.78, 5) is 0. The van der Waals surface area contributed by atoms with Crippen LogP contribution in [0.1, 0.15) is 0 Å². The highest BCUT2D eigenvalue weighted by Gasteiger charge is 1.58. The van der Waals surface area contributed by atoms with E-state index >= 15 is 0 Å². The van der Waals surface area contributed by atoms with Gasteiger partial charge in [-0.3, -0.25) is 0 Å². The fourth-order valence-corrected chi connectivity index (χ4v) is 0. The maximum atomic E-state index is 9.63. The molecule has 0 aromatic heterocycles. The highest BCUT2D eigenvalue weighted by atomic mass is 31.1. The Labute approximate surface area is 32.9 Å². The monoisotopic (exact) mass is 95.1 g/mol. The predicted molar refractivity (Wildman–Crippen MR) is 25.9 cm³/mol. The first kappa shape index (κ1) is 8.95. The van der Waals surface area contributed by atoms with E-state index < -0.39 is 7.80 Å². The summed E-state index contributed by atoms with van der Waals surface area (Å²) in [5, 5.41) is 0. The lowest BCUT2D eigenvalue weighted by Gasteiger charge is -1.59. The number of rotatable bonds is 0. The molecule has 0 aliphatic rings. The molecule has 0 atom stereocenters. The van der Waals surface area contributed by atoms with Crippen LogP contribution in [0.25, 0.3) is 0 Å². The molecular weight excluding hydrogens is 85.0 g/mol. The predicted octanol–water partition coefficient (Wildman–Crippen LogP) is 0.968. The Kier molecular flexibility index (Phi) is 7.50. The fraction of sp³-hybridized carbons (Fsp3) is 1.00. The van der Waals surface area contributed by atoms with Crippen LogP contribution in [0.3, 0.4) is 0 Å². The van der Waals surface area contributed by atoms with Crippen molar-refractivity contribution in [3.05, 3.63) is 0 Å². The largest absolute Gasteiger partial charge is 0.344 e. The van der Waals surface area contributed by atoms with Gasteiger partial charge in [0.05, 0.1) is 7.80 Å². The third-order valence-electron chi connectivity index (χ3n) is 0. The van der Waals surface area contributed by atoms with E-state index in [1.807, 2.05) is 0 Å². The third kappa shape index (κ3) is 557. The van der Waals surface area contributed by atoms with Gasteiger partial charge in [0, 0.05) is 0 Å². The standard InChI is InChI=1S/C2H7OP.H3N/c1-4(2)3;/h4H,1-2H3;1H3. The molecule has 0 spiro atoms. The zero-order valence-electron chi connectivity index (χ0n) is 3.62. The van der Waals surface area contributed by atoms with Crippen molar-refractivity contribution in [2.75, 3.05) is 13.3 Å². The molecule has 0 aromatic carbocycles. The summed E-state index contributed by atoms with van der Waals surface area (Å²) in [5.74, 6) is 0. The third-order valence-corrected chi connectivity index (χ3v) is 0. The summed E-state index contributed by atoms with van der Waals surface area (Å²) in [5.41, 5.74) is 0. The van der Waals surface area contributed by atoms with Gasteiger partial charge in [-0.15, -0.1) is 0 Å². The summed E-state index contributed by atoms with van der Waals surface area (Å²) in [6.07, 6.45) is 0. The molecule has 0 fully saturated rings. The Morgan fingerprint density at radius 2 is 1.40 bits per heavy atom.